The molecule has 5 heteroatoms. The molecular formula is C15H16N2O2S. The van der Waals surface area contributed by atoms with Gasteiger partial charge < -0.3 is 15.5 Å². The van der Waals surface area contributed by atoms with Crippen LogP contribution in [0.4, 0.5) is 0 Å². The number of carbonyl (C=O) groups is 1. The quantitative estimate of drug-likeness (QED) is 0.829. The van der Waals surface area contributed by atoms with Crippen molar-refractivity contribution < 1.29 is 9.21 Å². The van der Waals surface area contributed by atoms with Gasteiger partial charge in [0.05, 0.1) is 0 Å². The number of furan rings is 1. The Balaban J connectivity index is 1.99. The van der Waals surface area contributed by atoms with Crippen LogP contribution in [-0.4, -0.2) is 10.9 Å². The topological polar surface area (TPSA) is 68.3 Å². The van der Waals surface area contributed by atoms with Crippen LogP contribution in [0.5, 0.6) is 0 Å². The number of amides is 1. The lowest BCUT2D eigenvalue weighted by Crippen LogP contribution is -2.22. The Morgan fingerprint density at radius 3 is 2.80 bits per heavy atom. The number of aryl methyl sites for hydroxylation is 1. The van der Waals surface area contributed by atoms with Crippen LogP contribution >= 0.6 is 12.2 Å². The first-order valence-corrected chi connectivity index (χ1v) is 6.76. The molecule has 20 heavy (non-hydrogen) atoms. The Bertz CT molecular complexity index is 634. The maximum absolute atomic E-state index is 11.9. The molecule has 0 atom stereocenters. The fourth-order valence-electron chi connectivity index (χ4n) is 1.79. The third-order valence-corrected chi connectivity index (χ3v) is 3.13. The summed E-state index contributed by atoms with van der Waals surface area (Å²) in [7, 11) is 0. The summed E-state index contributed by atoms with van der Waals surface area (Å²) in [6.45, 7) is 2.37. The van der Waals surface area contributed by atoms with Gasteiger partial charge in [-0.1, -0.05) is 37.3 Å². The Kier molecular flexibility index (Phi) is 4.53. The van der Waals surface area contributed by atoms with Crippen molar-refractivity contribution in [3.63, 3.8) is 0 Å². The van der Waals surface area contributed by atoms with E-state index in [2.05, 4.69) is 5.32 Å². The summed E-state index contributed by atoms with van der Waals surface area (Å²) >= 11 is 4.93. The highest BCUT2D eigenvalue weighted by atomic mass is 32.1. The van der Waals surface area contributed by atoms with E-state index in [1.54, 1.807) is 6.07 Å². The minimum atomic E-state index is -0.231. The van der Waals surface area contributed by atoms with Gasteiger partial charge in [0.15, 0.2) is 5.76 Å². The summed E-state index contributed by atoms with van der Waals surface area (Å²) in [5.41, 5.74) is 7.30. The van der Waals surface area contributed by atoms with E-state index in [1.165, 1.54) is 0 Å². The Labute approximate surface area is 123 Å². The van der Waals surface area contributed by atoms with E-state index >= 15 is 0 Å². The molecule has 1 amide bonds. The first-order chi connectivity index (χ1) is 9.60. The maximum atomic E-state index is 11.9. The van der Waals surface area contributed by atoms with Crippen molar-refractivity contribution in [2.75, 3.05) is 0 Å². The molecule has 1 aromatic carbocycles. The Morgan fingerprint density at radius 2 is 2.15 bits per heavy atom. The molecular weight excluding hydrogens is 272 g/mol. The average Bonchev–Trinajstić information content (AvgIpc) is 2.94. The minimum absolute atomic E-state index is 0.231. The SMILES string of the molecule is CCc1ccc(C(=O)NCc2cccc(C(N)=S)c2)o1. The fourth-order valence-corrected chi connectivity index (χ4v) is 1.92. The number of carbonyl (C=O) groups excluding carboxylic acids is 1. The standard InChI is InChI=1S/C15H16N2O2S/c1-2-12-6-7-13(19-12)15(18)17-9-10-4-3-5-11(8-10)14(16)20/h3-8H,2,9H2,1H3,(H2,16,20)(H,17,18). The van der Waals surface area contributed by atoms with Gasteiger partial charge in [0.1, 0.15) is 10.7 Å². The lowest BCUT2D eigenvalue weighted by molar-refractivity contribution is 0.0921. The van der Waals surface area contributed by atoms with Crippen LogP contribution in [0.15, 0.2) is 40.8 Å². The van der Waals surface area contributed by atoms with Crippen molar-refractivity contribution in [2.45, 2.75) is 19.9 Å². The van der Waals surface area contributed by atoms with E-state index in [1.807, 2.05) is 37.3 Å². The molecule has 1 heterocycles. The number of nitrogens with two attached hydrogens (primary N) is 1. The van der Waals surface area contributed by atoms with Gasteiger partial charge in [0.25, 0.3) is 5.91 Å². The van der Waals surface area contributed by atoms with Gasteiger partial charge in [0.2, 0.25) is 0 Å². The van der Waals surface area contributed by atoms with Gasteiger partial charge in [-0.05, 0) is 23.8 Å². The molecule has 104 valence electrons. The number of rotatable bonds is 5. The number of thiocarbonyl (C=S) groups is 1. The van der Waals surface area contributed by atoms with Crippen LogP contribution < -0.4 is 11.1 Å². The van der Waals surface area contributed by atoms with E-state index in [0.717, 1.165) is 23.3 Å². The summed E-state index contributed by atoms with van der Waals surface area (Å²) in [6, 6.07) is 11.0. The summed E-state index contributed by atoms with van der Waals surface area (Å²) in [5, 5.41) is 2.80. The van der Waals surface area contributed by atoms with Crippen molar-refractivity contribution >= 4 is 23.1 Å². The highest BCUT2D eigenvalue weighted by molar-refractivity contribution is 7.80. The summed E-state index contributed by atoms with van der Waals surface area (Å²) in [6.07, 6.45) is 0.767. The molecule has 3 N–H and O–H groups in total. The zero-order valence-corrected chi connectivity index (χ0v) is 12.0. The van der Waals surface area contributed by atoms with Crippen LogP contribution in [0.1, 0.15) is 34.4 Å². The van der Waals surface area contributed by atoms with Crippen LogP contribution in [-0.2, 0) is 13.0 Å². The lowest BCUT2D eigenvalue weighted by Gasteiger charge is -2.05. The second-order valence-corrected chi connectivity index (χ2v) is 4.81. The summed E-state index contributed by atoms with van der Waals surface area (Å²) in [4.78, 5) is 12.3. The predicted octanol–water partition coefficient (Wildman–Crippen LogP) is 2.41. The monoisotopic (exact) mass is 288 g/mol. The van der Waals surface area contributed by atoms with Gasteiger partial charge in [-0.25, -0.2) is 0 Å². The molecule has 2 rings (SSSR count). The molecule has 1 aromatic heterocycles. The fraction of sp³-hybridized carbons (Fsp3) is 0.200. The molecule has 0 aliphatic rings. The molecule has 0 bridgehead atoms. The van der Waals surface area contributed by atoms with E-state index < -0.39 is 0 Å². The molecule has 0 radical (unpaired) electrons. The molecule has 0 spiro atoms. The van der Waals surface area contributed by atoms with Gasteiger partial charge in [-0.2, -0.15) is 0 Å². The third kappa shape index (κ3) is 3.45. The highest BCUT2D eigenvalue weighted by Crippen LogP contribution is 2.09. The summed E-state index contributed by atoms with van der Waals surface area (Å²) in [5.74, 6) is 0.892. The molecule has 0 saturated heterocycles. The van der Waals surface area contributed by atoms with E-state index in [0.29, 0.717) is 17.3 Å². The normalized spacial score (nSPS) is 10.2. The van der Waals surface area contributed by atoms with Gasteiger partial charge >= 0.3 is 0 Å². The second kappa shape index (κ2) is 6.34. The minimum Gasteiger partial charge on any atom is -0.456 e. The second-order valence-electron chi connectivity index (χ2n) is 4.37. The highest BCUT2D eigenvalue weighted by Gasteiger charge is 2.10. The van der Waals surface area contributed by atoms with Crippen molar-refractivity contribution in [3.8, 4) is 0 Å². The van der Waals surface area contributed by atoms with Crippen molar-refractivity contribution in [1.29, 1.82) is 0 Å². The smallest absolute Gasteiger partial charge is 0.287 e. The molecule has 0 aliphatic heterocycles. The molecule has 0 aliphatic carbocycles. The van der Waals surface area contributed by atoms with Crippen LogP contribution in [0.25, 0.3) is 0 Å². The average molecular weight is 288 g/mol. The first-order valence-electron chi connectivity index (χ1n) is 6.35. The van der Waals surface area contributed by atoms with E-state index in [-0.39, 0.29) is 5.91 Å². The zero-order valence-electron chi connectivity index (χ0n) is 11.2. The first kappa shape index (κ1) is 14.3. The molecule has 4 nitrogen and oxygen atoms in total. The van der Waals surface area contributed by atoms with E-state index in [9.17, 15) is 4.79 Å². The summed E-state index contributed by atoms with van der Waals surface area (Å²) < 4.78 is 5.39. The van der Waals surface area contributed by atoms with Gasteiger partial charge in [0, 0.05) is 18.5 Å². The number of hydrogen-bond donors (Lipinski definition) is 2. The number of nitrogens with one attached hydrogen (secondary N) is 1. The van der Waals surface area contributed by atoms with Crippen molar-refractivity contribution in [3.05, 3.63) is 59.0 Å². The lowest BCUT2D eigenvalue weighted by atomic mass is 10.1. The van der Waals surface area contributed by atoms with Crippen molar-refractivity contribution in [2.24, 2.45) is 5.73 Å². The molecule has 0 fully saturated rings. The number of benzene rings is 1. The van der Waals surface area contributed by atoms with Gasteiger partial charge in [-0.3, -0.25) is 4.79 Å². The van der Waals surface area contributed by atoms with Crippen LogP contribution in [0.3, 0.4) is 0 Å². The van der Waals surface area contributed by atoms with Crippen molar-refractivity contribution in [1.82, 2.24) is 5.32 Å². The molecule has 2 aromatic rings. The van der Waals surface area contributed by atoms with E-state index in [4.69, 9.17) is 22.4 Å². The number of hydrogen-bond acceptors (Lipinski definition) is 3. The molecule has 0 unspecified atom stereocenters. The largest absolute Gasteiger partial charge is 0.456 e. The van der Waals surface area contributed by atoms with Crippen LogP contribution in [0.2, 0.25) is 0 Å². The zero-order chi connectivity index (χ0) is 14.5. The molecule has 0 saturated carbocycles. The Hall–Kier alpha value is -2.14. The predicted molar refractivity (Wildman–Crippen MR) is 81.6 cm³/mol. The third-order valence-electron chi connectivity index (χ3n) is 2.90. The maximum Gasteiger partial charge on any atom is 0.287 e. The van der Waals surface area contributed by atoms with Crippen LogP contribution in [0, 0.1) is 0 Å². The van der Waals surface area contributed by atoms with Gasteiger partial charge in [-0.15, -0.1) is 0 Å². The Morgan fingerprint density at radius 1 is 1.35 bits per heavy atom.